The van der Waals surface area contributed by atoms with Crippen LogP contribution in [0.3, 0.4) is 0 Å². The molecule has 0 atom stereocenters. The van der Waals surface area contributed by atoms with E-state index in [-0.39, 0.29) is 4.85 Å². The van der Waals surface area contributed by atoms with Gasteiger partial charge < -0.3 is 5.11 Å². The molecule has 11 heavy (non-hydrogen) atoms. The van der Waals surface area contributed by atoms with Gasteiger partial charge in [-0.1, -0.05) is 39.3 Å². The Hall–Kier alpha value is 0.394. The zero-order valence-corrected chi connectivity index (χ0v) is 10.9. The Balaban J connectivity index is 4.75. The zero-order chi connectivity index (χ0) is 9.50. The predicted octanol–water partition coefficient (Wildman–Crippen LogP) is 2.49. The minimum Gasteiger partial charge on any atom is -0.397 e. The van der Waals surface area contributed by atoms with Crippen LogP contribution in [-0.2, 0) is 0 Å². The van der Waals surface area contributed by atoms with E-state index in [2.05, 4.69) is 39.3 Å². The number of hydrogen-bond acceptors (Lipinski definition) is 1. The first kappa shape index (κ1) is 11.4. The molecule has 3 heteroatoms. The summed E-state index contributed by atoms with van der Waals surface area (Å²) in [5.41, 5.74) is 0. The molecule has 0 fully saturated rings. The van der Waals surface area contributed by atoms with Crippen molar-refractivity contribution in [1.82, 2.24) is 0 Å². The molecule has 0 aromatic rings. The van der Waals surface area contributed by atoms with Crippen molar-refractivity contribution in [2.24, 2.45) is 0 Å². The second kappa shape index (κ2) is 2.71. The molecule has 0 aliphatic heterocycles. The highest BCUT2D eigenvalue weighted by Crippen LogP contribution is 2.29. The van der Waals surface area contributed by atoms with Crippen LogP contribution in [0.25, 0.3) is 0 Å². The molecule has 0 spiro atoms. The third-order valence-corrected chi connectivity index (χ3v) is 13.3. The van der Waals surface area contributed by atoms with Crippen molar-refractivity contribution in [3.8, 4) is 0 Å². The number of rotatable bonds is 2. The summed E-state index contributed by atoms with van der Waals surface area (Å²) >= 11 is 0. The van der Waals surface area contributed by atoms with Crippen LogP contribution in [-0.4, -0.2) is 26.1 Å². The minimum atomic E-state index is -1.40. The van der Waals surface area contributed by atoms with Crippen molar-refractivity contribution in [3.05, 3.63) is 0 Å². The molecule has 1 nitrogen and oxygen atoms in total. The van der Waals surface area contributed by atoms with E-state index in [4.69, 9.17) is 0 Å². The fourth-order valence-corrected chi connectivity index (χ4v) is 10.1. The van der Waals surface area contributed by atoms with Crippen molar-refractivity contribution in [1.29, 1.82) is 0 Å². The lowest BCUT2D eigenvalue weighted by Crippen LogP contribution is -2.64. The molecule has 0 aliphatic carbocycles. The predicted molar refractivity (Wildman–Crippen MR) is 57.3 cm³/mol. The quantitative estimate of drug-likeness (QED) is 0.663. The van der Waals surface area contributed by atoms with Gasteiger partial charge >= 0.3 is 0 Å². The topological polar surface area (TPSA) is 20.2 Å². The van der Waals surface area contributed by atoms with Gasteiger partial charge in [0.2, 0.25) is 0 Å². The van der Waals surface area contributed by atoms with Crippen molar-refractivity contribution < 1.29 is 5.11 Å². The number of hydrogen-bond donors (Lipinski definition) is 1. The van der Waals surface area contributed by atoms with Crippen molar-refractivity contribution >= 4 is 16.1 Å². The Labute approximate surface area is 72.9 Å². The Morgan fingerprint density at radius 1 is 0.818 bits per heavy atom. The monoisotopic (exact) mass is 190 g/mol. The van der Waals surface area contributed by atoms with Gasteiger partial charge in [0.05, 0.1) is 16.1 Å². The molecule has 0 radical (unpaired) electrons. The molecule has 0 aliphatic rings. The van der Waals surface area contributed by atoms with E-state index >= 15 is 0 Å². The molecule has 0 aromatic heterocycles. The maximum Gasteiger partial charge on any atom is 0.0776 e. The Bertz CT molecular complexity index is 123. The molecule has 0 rings (SSSR count). The molecule has 68 valence electrons. The summed E-state index contributed by atoms with van der Waals surface area (Å²) in [5, 5.41) is 10.3. The second-order valence-corrected chi connectivity index (χ2v) is 17.0. The summed E-state index contributed by atoms with van der Waals surface area (Å²) in [7, 11) is -2.81. The van der Waals surface area contributed by atoms with Gasteiger partial charge in [-0.25, -0.2) is 0 Å². The van der Waals surface area contributed by atoms with Gasteiger partial charge in [0.25, 0.3) is 0 Å². The average molecular weight is 190 g/mol. The van der Waals surface area contributed by atoms with Crippen molar-refractivity contribution in [3.63, 3.8) is 0 Å². The lowest BCUT2D eigenvalue weighted by Gasteiger charge is -2.44. The van der Waals surface area contributed by atoms with Crippen LogP contribution in [0.4, 0.5) is 0 Å². The van der Waals surface area contributed by atoms with Gasteiger partial charge in [0.1, 0.15) is 0 Å². The van der Waals surface area contributed by atoms with Crippen LogP contribution in [0.5, 0.6) is 0 Å². The molecule has 0 heterocycles. The summed E-state index contributed by atoms with van der Waals surface area (Å²) in [5.74, 6) is 0. The summed E-state index contributed by atoms with van der Waals surface area (Å²) in [6.45, 7) is 15.5. The van der Waals surface area contributed by atoms with Crippen LogP contribution in [0, 0.1) is 0 Å². The van der Waals surface area contributed by atoms with Crippen LogP contribution >= 0.6 is 0 Å². The number of aliphatic hydroxyl groups is 1. The largest absolute Gasteiger partial charge is 0.397 e. The van der Waals surface area contributed by atoms with Crippen LogP contribution in [0.15, 0.2) is 0 Å². The van der Waals surface area contributed by atoms with E-state index in [0.29, 0.717) is 0 Å². The Morgan fingerprint density at radius 3 is 1.00 bits per heavy atom. The highest BCUT2D eigenvalue weighted by molar-refractivity contribution is 6.98. The first-order valence-corrected chi connectivity index (χ1v) is 11.2. The molecule has 0 saturated carbocycles. The lowest BCUT2D eigenvalue weighted by molar-refractivity contribution is 0.209. The second-order valence-electron chi connectivity index (χ2n) is 5.57. The lowest BCUT2D eigenvalue weighted by atomic mass is 10.8. The van der Waals surface area contributed by atoms with Crippen LogP contribution < -0.4 is 0 Å². The Morgan fingerprint density at radius 2 is 1.00 bits per heavy atom. The molecule has 0 bridgehead atoms. The molecular weight excluding hydrogens is 168 g/mol. The van der Waals surface area contributed by atoms with Crippen LogP contribution in [0.1, 0.15) is 6.92 Å². The first-order valence-electron chi connectivity index (χ1n) is 4.22. The van der Waals surface area contributed by atoms with E-state index in [0.717, 1.165) is 0 Å². The standard InChI is InChI=1S/C8H22OSi2/c1-8(9,10(2,3)4)11(5,6)7/h9H,1-7H3. The molecule has 0 saturated heterocycles. The van der Waals surface area contributed by atoms with E-state index in [1.165, 1.54) is 0 Å². The molecule has 0 amide bonds. The van der Waals surface area contributed by atoms with Gasteiger partial charge in [-0.05, 0) is 6.92 Å². The summed E-state index contributed by atoms with van der Waals surface area (Å²) in [6.07, 6.45) is 0. The van der Waals surface area contributed by atoms with E-state index in [1.54, 1.807) is 0 Å². The third kappa shape index (κ3) is 2.16. The molecular formula is C8H22OSi2. The molecule has 1 N–H and O–H groups in total. The smallest absolute Gasteiger partial charge is 0.0776 e. The van der Waals surface area contributed by atoms with E-state index < -0.39 is 16.1 Å². The fourth-order valence-electron chi connectivity index (χ4n) is 1.12. The van der Waals surface area contributed by atoms with Gasteiger partial charge in [-0.3, -0.25) is 0 Å². The molecule has 0 aromatic carbocycles. The summed E-state index contributed by atoms with van der Waals surface area (Å²) in [4.78, 5) is -0.347. The molecule has 0 unspecified atom stereocenters. The maximum atomic E-state index is 10.3. The van der Waals surface area contributed by atoms with Gasteiger partial charge in [-0.15, -0.1) is 0 Å². The minimum absolute atomic E-state index is 0.347. The van der Waals surface area contributed by atoms with Crippen molar-refractivity contribution in [2.75, 3.05) is 0 Å². The van der Waals surface area contributed by atoms with Crippen molar-refractivity contribution in [2.45, 2.75) is 51.1 Å². The van der Waals surface area contributed by atoms with Gasteiger partial charge in [0, 0.05) is 4.85 Å². The summed E-state index contributed by atoms with van der Waals surface area (Å²) < 4.78 is 0. The van der Waals surface area contributed by atoms with E-state index in [9.17, 15) is 5.11 Å². The zero-order valence-electron chi connectivity index (χ0n) is 8.95. The normalized spacial score (nSPS) is 15.3. The summed E-state index contributed by atoms with van der Waals surface area (Å²) in [6, 6.07) is 0. The Kier molecular flexibility index (Phi) is 2.81. The maximum absolute atomic E-state index is 10.3. The van der Waals surface area contributed by atoms with Crippen LogP contribution in [0.2, 0.25) is 39.3 Å². The SMILES string of the molecule is CC(O)([Si](C)(C)C)[Si](C)(C)C. The van der Waals surface area contributed by atoms with E-state index in [1.807, 2.05) is 6.92 Å². The fraction of sp³-hybridized carbons (Fsp3) is 1.00. The average Bonchev–Trinajstić information content (AvgIpc) is 1.58. The van der Waals surface area contributed by atoms with Gasteiger partial charge in [-0.2, -0.15) is 0 Å². The first-order chi connectivity index (χ1) is 4.50. The highest BCUT2D eigenvalue weighted by Gasteiger charge is 2.47. The van der Waals surface area contributed by atoms with Gasteiger partial charge in [0.15, 0.2) is 0 Å². The third-order valence-electron chi connectivity index (χ3n) is 2.92. The highest BCUT2D eigenvalue weighted by atomic mass is 28.4.